The molecule has 122 valence electrons. The summed E-state index contributed by atoms with van der Waals surface area (Å²) in [6, 6.07) is 17.6. The van der Waals surface area contributed by atoms with Crippen molar-refractivity contribution in [2.24, 2.45) is 0 Å². The summed E-state index contributed by atoms with van der Waals surface area (Å²) >= 11 is 6.43. The third-order valence-corrected chi connectivity index (χ3v) is 5.09. The van der Waals surface area contributed by atoms with Gasteiger partial charge in [-0.15, -0.1) is 0 Å². The fourth-order valence-corrected chi connectivity index (χ4v) is 3.85. The van der Waals surface area contributed by atoms with Gasteiger partial charge in [-0.1, -0.05) is 54.1 Å². The van der Waals surface area contributed by atoms with Crippen LogP contribution >= 0.6 is 11.6 Å². The summed E-state index contributed by atoms with van der Waals surface area (Å²) in [6.45, 7) is 0. The molecule has 0 spiro atoms. The molecule has 0 aliphatic carbocycles. The molecule has 0 saturated carbocycles. The van der Waals surface area contributed by atoms with Crippen molar-refractivity contribution in [2.45, 2.75) is 0 Å². The predicted octanol–water partition coefficient (Wildman–Crippen LogP) is 6.26. The van der Waals surface area contributed by atoms with Crippen molar-refractivity contribution >= 4 is 55.1 Å². The summed E-state index contributed by atoms with van der Waals surface area (Å²) in [5, 5.41) is 16.1. The fraction of sp³-hybridized carbons (Fsp3) is 0.0476. The highest BCUT2D eigenvalue weighted by Gasteiger charge is 2.20. The van der Waals surface area contributed by atoms with Gasteiger partial charge in [0, 0.05) is 16.2 Å². The van der Waals surface area contributed by atoms with Crippen LogP contribution in [0.3, 0.4) is 0 Å². The Balaban J connectivity index is 2.13. The first-order chi connectivity index (χ1) is 12.2. The number of hydrogen-bond acceptors (Lipinski definition) is 3. The van der Waals surface area contributed by atoms with Crippen molar-refractivity contribution in [3.63, 3.8) is 0 Å². The molecule has 0 unspecified atom stereocenters. The Hall–Kier alpha value is -2.91. The second-order valence-corrected chi connectivity index (χ2v) is 6.39. The molecule has 0 aliphatic heterocycles. The first-order valence-corrected chi connectivity index (χ1v) is 8.29. The standard InChI is InChI=1S/C21H13ClO3/c1-24-15-8-4-5-11-9-10-14-17-12-6-2-3-7-13(12)19(23)18(22)21(17)25-20(14)16(11)15/h2-10,23H,1H3. The van der Waals surface area contributed by atoms with Gasteiger partial charge in [-0.25, -0.2) is 0 Å². The zero-order valence-corrected chi connectivity index (χ0v) is 14.1. The molecule has 5 aromatic rings. The van der Waals surface area contributed by atoms with Crippen molar-refractivity contribution in [3.8, 4) is 11.5 Å². The van der Waals surface area contributed by atoms with E-state index in [1.54, 1.807) is 7.11 Å². The summed E-state index contributed by atoms with van der Waals surface area (Å²) in [7, 11) is 1.64. The number of aromatic hydroxyl groups is 1. The maximum atomic E-state index is 10.5. The molecule has 0 amide bonds. The number of ether oxygens (including phenoxy) is 1. The lowest BCUT2D eigenvalue weighted by Crippen LogP contribution is -1.84. The summed E-state index contributed by atoms with van der Waals surface area (Å²) in [4.78, 5) is 0. The van der Waals surface area contributed by atoms with Gasteiger partial charge in [-0.2, -0.15) is 0 Å². The largest absolute Gasteiger partial charge is 0.506 e. The molecule has 0 saturated heterocycles. The molecule has 0 aliphatic rings. The van der Waals surface area contributed by atoms with E-state index in [0.717, 1.165) is 32.7 Å². The van der Waals surface area contributed by atoms with Crippen LogP contribution in [-0.2, 0) is 0 Å². The van der Waals surface area contributed by atoms with Gasteiger partial charge in [0.05, 0.1) is 12.5 Å². The van der Waals surface area contributed by atoms with Crippen LogP contribution in [-0.4, -0.2) is 12.2 Å². The fourth-order valence-electron chi connectivity index (χ4n) is 3.62. The number of benzene rings is 4. The molecule has 0 atom stereocenters. The van der Waals surface area contributed by atoms with Crippen LogP contribution in [0.5, 0.6) is 11.5 Å². The Morgan fingerprint density at radius 1 is 0.840 bits per heavy atom. The van der Waals surface area contributed by atoms with Gasteiger partial charge in [-0.05, 0) is 22.9 Å². The first-order valence-electron chi connectivity index (χ1n) is 7.92. The molecule has 0 fully saturated rings. The van der Waals surface area contributed by atoms with Gasteiger partial charge in [0.15, 0.2) is 5.58 Å². The monoisotopic (exact) mass is 348 g/mol. The van der Waals surface area contributed by atoms with Gasteiger partial charge >= 0.3 is 0 Å². The van der Waals surface area contributed by atoms with E-state index in [9.17, 15) is 5.11 Å². The van der Waals surface area contributed by atoms with Crippen LogP contribution in [0.4, 0.5) is 0 Å². The van der Waals surface area contributed by atoms with E-state index in [0.29, 0.717) is 16.6 Å². The highest BCUT2D eigenvalue weighted by atomic mass is 35.5. The average Bonchev–Trinajstić information content (AvgIpc) is 3.05. The van der Waals surface area contributed by atoms with Gasteiger partial charge in [-0.3, -0.25) is 0 Å². The Morgan fingerprint density at radius 2 is 1.64 bits per heavy atom. The van der Waals surface area contributed by atoms with E-state index >= 15 is 0 Å². The second-order valence-electron chi connectivity index (χ2n) is 6.01. The predicted molar refractivity (Wildman–Crippen MR) is 102 cm³/mol. The molecule has 4 aromatic carbocycles. The summed E-state index contributed by atoms with van der Waals surface area (Å²) in [5.74, 6) is 0.784. The normalized spacial score (nSPS) is 11.8. The van der Waals surface area contributed by atoms with E-state index in [-0.39, 0.29) is 10.8 Å². The molecule has 1 aromatic heterocycles. The summed E-state index contributed by atoms with van der Waals surface area (Å²) < 4.78 is 11.7. The molecule has 3 nitrogen and oxygen atoms in total. The van der Waals surface area contributed by atoms with Gasteiger partial charge in [0.2, 0.25) is 0 Å². The van der Waals surface area contributed by atoms with Crippen LogP contribution in [0.1, 0.15) is 0 Å². The number of halogens is 1. The van der Waals surface area contributed by atoms with Gasteiger partial charge in [0.1, 0.15) is 22.1 Å². The van der Waals surface area contributed by atoms with Crippen molar-refractivity contribution in [2.75, 3.05) is 7.11 Å². The zero-order valence-electron chi connectivity index (χ0n) is 13.3. The number of fused-ring (bicyclic) bond motifs is 7. The van der Waals surface area contributed by atoms with Crippen LogP contribution in [0, 0.1) is 0 Å². The van der Waals surface area contributed by atoms with Crippen LogP contribution in [0.15, 0.2) is 59.0 Å². The quantitative estimate of drug-likeness (QED) is 0.388. The van der Waals surface area contributed by atoms with Crippen molar-refractivity contribution in [1.29, 1.82) is 0 Å². The lowest BCUT2D eigenvalue weighted by Gasteiger charge is -2.05. The Kier molecular flexibility index (Phi) is 2.91. The lowest BCUT2D eigenvalue weighted by atomic mass is 10.0. The van der Waals surface area contributed by atoms with E-state index < -0.39 is 0 Å². The number of phenols is 1. The summed E-state index contributed by atoms with van der Waals surface area (Å²) in [6.07, 6.45) is 0. The van der Waals surface area contributed by atoms with E-state index in [2.05, 4.69) is 0 Å². The van der Waals surface area contributed by atoms with Gasteiger partial charge in [0.25, 0.3) is 0 Å². The minimum atomic E-state index is 0.0418. The molecule has 25 heavy (non-hydrogen) atoms. The van der Waals surface area contributed by atoms with E-state index in [1.165, 1.54) is 0 Å². The molecule has 4 heteroatoms. The molecule has 0 bridgehead atoms. The number of furan rings is 1. The number of phenolic OH excluding ortho intramolecular Hbond substituents is 1. The minimum absolute atomic E-state index is 0.0418. The van der Waals surface area contributed by atoms with Crippen LogP contribution in [0.25, 0.3) is 43.5 Å². The number of methoxy groups -OCH3 is 1. The maximum absolute atomic E-state index is 10.5. The van der Waals surface area contributed by atoms with Crippen molar-refractivity contribution < 1.29 is 14.3 Å². The highest BCUT2D eigenvalue weighted by molar-refractivity contribution is 6.41. The van der Waals surface area contributed by atoms with Gasteiger partial charge < -0.3 is 14.3 Å². The van der Waals surface area contributed by atoms with Crippen molar-refractivity contribution in [1.82, 2.24) is 0 Å². The minimum Gasteiger partial charge on any atom is -0.506 e. The molecule has 5 rings (SSSR count). The molecular weight excluding hydrogens is 336 g/mol. The first kappa shape index (κ1) is 14.4. The average molecular weight is 349 g/mol. The van der Waals surface area contributed by atoms with E-state index in [4.69, 9.17) is 20.8 Å². The molecular formula is C21H13ClO3. The topological polar surface area (TPSA) is 42.6 Å². The Morgan fingerprint density at radius 3 is 2.44 bits per heavy atom. The summed E-state index contributed by atoms with van der Waals surface area (Å²) in [5.41, 5.74) is 1.20. The maximum Gasteiger partial charge on any atom is 0.158 e. The Bertz CT molecular complexity index is 1300. The third kappa shape index (κ3) is 1.81. The highest BCUT2D eigenvalue weighted by Crippen LogP contribution is 2.47. The van der Waals surface area contributed by atoms with Crippen molar-refractivity contribution in [3.05, 3.63) is 59.6 Å². The van der Waals surface area contributed by atoms with E-state index in [1.807, 2.05) is 54.6 Å². The SMILES string of the molecule is COc1cccc2ccc3c(oc4c(Cl)c(O)c5ccccc5c43)c12. The third-order valence-electron chi connectivity index (χ3n) is 4.74. The number of hydrogen-bond donors (Lipinski definition) is 1. The molecule has 0 radical (unpaired) electrons. The smallest absolute Gasteiger partial charge is 0.158 e. The zero-order chi connectivity index (χ0) is 17.1. The molecule has 1 heterocycles. The lowest BCUT2D eigenvalue weighted by molar-refractivity contribution is 0.419. The number of rotatable bonds is 1. The van der Waals surface area contributed by atoms with Crippen LogP contribution in [0.2, 0.25) is 5.02 Å². The van der Waals surface area contributed by atoms with Crippen LogP contribution < -0.4 is 4.74 Å². The second kappa shape index (κ2) is 5.04. The molecule has 1 N–H and O–H groups in total. The Labute approximate surface area is 148 Å².